The van der Waals surface area contributed by atoms with Crippen LogP contribution >= 0.6 is 45.9 Å². The number of hydrogen-bond donors (Lipinski definition) is 1. The van der Waals surface area contributed by atoms with Gasteiger partial charge in [-0.3, -0.25) is 0 Å². The van der Waals surface area contributed by atoms with E-state index in [0.29, 0.717) is 0 Å². The molecule has 0 unspecified atom stereocenters. The number of halogens is 3. The molecule has 0 fully saturated rings. The Morgan fingerprint density at radius 1 is 0.588 bits per heavy atom. The van der Waals surface area contributed by atoms with E-state index in [9.17, 15) is 0 Å². The molecule has 0 radical (unpaired) electrons. The Bertz CT molecular complexity index is 162. The van der Waals surface area contributed by atoms with Crippen LogP contribution in [0.4, 0.5) is 0 Å². The lowest BCUT2D eigenvalue weighted by molar-refractivity contribution is 0.563. The Kier molecular flexibility index (Phi) is 13.5. The zero-order valence-electron chi connectivity index (χ0n) is 10.6. The van der Waals surface area contributed by atoms with Gasteiger partial charge in [-0.05, 0) is 18.2 Å². The second kappa shape index (κ2) is 12.5. The van der Waals surface area contributed by atoms with Crippen LogP contribution in [0.15, 0.2) is 0 Å². The van der Waals surface area contributed by atoms with E-state index in [1.165, 1.54) is 57.8 Å². The molecule has 0 saturated heterocycles. The summed E-state index contributed by atoms with van der Waals surface area (Å²) < 4.78 is 0. The van der Waals surface area contributed by atoms with E-state index in [4.69, 9.17) is 33.2 Å². The maximum atomic E-state index is 5.82. The molecular formula is C12H25Cl3SSi. The molecule has 0 saturated carbocycles. The minimum Gasteiger partial charge on any atom is -0.179 e. The van der Waals surface area contributed by atoms with Crippen molar-refractivity contribution in [2.24, 2.45) is 0 Å². The summed E-state index contributed by atoms with van der Waals surface area (Å²) in [5.74, 6) is 1.03. The van der Waals surface area contributed by atoms with Gasteiger partial charge in [0.25, 0.3) is 0 Å². The minimum absolute atomic E-state index is 0.821. The van der Waals surface area contributed by atoms with Gasteiger partial charge in [-0.15, -0.1) is 33.2 Å². The molecule has 0 bridgehead atoms. The lowest BCUT2D eigenvalue weighted by atomic mass is 10.1. The summed E-state index contributed by atoms with van der Waals surface area (Å²) in [4.78, 5) is 0. The molecule has 0 aromatic carbocycles. The van der Waals surface area contributed by atoms with E-state index in [-0.39, 0.29) is 0 Å². The van der Waals surface area contributed by atoms with Gasteiger partial charge < -0.3 is 0 Å². The highest BCUT2D eigenvalue weighted by molar-refractivity contribution is 7.80. The van der Waals surface area contributed by atoms with Crippen LogP contribution in [0.1, 0.15) is 64.2 Å². The van der Waals surface area contributed by atoms with E-state index in [0.717, 1.165) is 18.2 Å². The van der Waals surface area contributed by atoms with Crippen LogP contribution in [0.5, 0.6) is 0 Å². The van der Waals surface area contributed by atoms with Crippen molar-refractivity contribution < 1.29 is 0 Å². The van der Waals surface area contributed by atoms with Crippen molar-refractivity contribution in [2.75, 3.05) is 5.75 Å². The molecule has 0 N–H and O–H groups in total. The van der Waals surface area contributed by atoms with Gasteiger partial charge in [0.05, 0.1) is 0 Å². The highest BCUT2D eigenvalue weighted by atomic mass is 35.8. The fraction of sp³-hybridized carbons (Fsp3) is 1.00. The predicted octanol–water partition coefficient (Wildman–Crippen LogP) is 6.47. The molecule has 0 atom stereocenters. The smallest absolute Gasteiger partial charge is 0.179 e. The first-order chi connectivity index (χ1) is 8.06. The first-order valence-electron chi connectivity index (χ1n) is 6.74. The largest absolute Gasteiger partial charge is 0.341 e. The van der Waals surface area contributed by atoms with E-state index in [1.54, 1.807) is 0 Å². The van der Waals surface area contributed by atoms with Gasteiger partial charge in [-0.1, -0.05) is 57.8 Å². The monoisotopic (exact) mass is 334 g/mol. The molecule has 0 aliphatic heterocycles. The maximum Gasteiger partial charge on any atom is 0.341 e. The molecule has 0 aromatic rings. The van der Waals surface area contributed by atoms with Gasteiger partial charge in [0.2, 0.25) is 0 Å². The molecule has 104 valence electrons. The lowest BCUT2D eigenvalue weighted by Crippen LogP contribution is -2.07. The number of rotatable bonds is 12. The Labute approximate surface area is 127 Å². The Hall–Kier alpha value is 1.44. The molecule has 0 aliphatic rings. The first-order valence-corrected chi connectivity index (χ1v) is 12.6. The number of unbranched alkanes of at least 4 members (excludes halogenated alkanes) is 9. The van der Waals surface area contributed by atoms with Crippen molar-refractivity contribution >= 4 is 51.9 Å². The first kappa shape index (κ1) is 18.4. The zero-order valence-corrected chi connectivity index (χ0v) is 14.7. The summed E-state index contributed by atoms with van der Waals surface area (Å²) in [6.45, 7) is 0. The Morgan fingerprint density at radius 2 is 0.941 bits per heavy atom. The molecule has 0 aliphatic carbocycles. The van der Waals surface area contributed by atoms with E-state index in [2.05, 4.69) is 12.6 Å². The summed E-state index contributed by atoms with van der Waals surface area (Å²) in [5, 5.41) is 0. The van der Waals surface area contributed by atoms with Crippen molar-refractivity contribution in [1.82, 2.24) is 0 Å². The molecule has 0 aromatic heterocycles. The summed E-state index contributed by atoms with van der Waals surface area (Å²) in [6, 6.07) is -1.52. The SMILES string of the molecule is SCCCCCCCCCCCC[Si](Cl)(Cl)Cl. The highest BCUT2D eigenvalue weighted by Gasteiger charge is 2.23. The third kappa shape index (κ3) is 17.4. The molecule has 0 rings (SSSR count). The van der Waals surface area contributed by atoms with Gasteiger partial charge in [0.15, 0.2) is 0 Å². The second-order valence-electron chi connectivity index (χ2n) is 4.62. The van der Waals surface area contributed by atoms with E-state index in [1.807, 2.05) is 0 Å². The maximum absolute atomic E-state index is 5.82. The van der Waals surface area contributed by atoms with Gasteiger partial charge in [0.1, 0.15) is 0 Å². The van der Waals surface area contributed by atoms with Gasteiger partial charge in [-0.2, -0.15) is 12.6 Å². The van der Waals surface area contributed by atoms with Gasteiger partial charge >= 0.3 is 6.00 Å². The van der Waals surface area contributed by atoms with Gasteiger partial charge in [-0.25, -0.2) is 0 Å². The van der Waals surface area contributed by atoms with Crippen LogP contribution in [-0.4, -0.2) is 11.8 Å². The number of hydrogen-bond acceptors (Lipinski definition) is 1. The van der Waals surface area contributed by atoms with Crippen molar-refractivity contribution in [1.29, 1.82) is 0 Å². The topological polar surface area (TPSA) is 0 Å². The molecule has 0 nitrogen and oxygen atoms in total. The average Bonchev–Trinajstić information content (AvgIpc) is 2.24. The van der Waals surface area contributed by atoms with Crippen LogP contribution < -0.4 is 0 Å². The Morgan fingerprint density at radius 3 is 1.29 bits per heavy atom. The van der Waals surface area contributed by atoms with Gasteiger partial charge in [0, 0.05) is 0 Å². The molecule has 0 heterocycles. The van der Waals surface area contributed by atoms with Crippen molar-refractivity contribution in [2.45, 2.75) is 70.3 Å². The van der Waals surface area contributed by atoms with Crippen molar-refractivity contribution in [3.8, 4) is 0 Å². The summed E-state index contributed by atoms with van der Waals surface area (Å²) >= 11 is 21.7. The predicted molar refractivity (Wildman–Crippen MR) is 88.1 cm³/mol. The summed E-state index contributed by atoms with van der Waals surface area (Å²) in [6.07, 6.45) is 13.1. The minimum atomic E-state index is -2.34. The normalized spacial score (nSPS) is 12.0. The van der Waals surface area contributed by atoms with Crippen LogP contribution in [0.2, 0.25) is 6.04 Å². The zero-order chi connectivity index (χ0) is 13.0. The second-order valence-corrected chi connectivity index (χ2v) is 14.4. The van der Waals surface area contributed by atoms with Crippen LogP contribution in [0.25, 0.3) is 0 Å². The van der Waals surface area contributed by atoms with Crippen LogP contribution in [0, 0.1) is 0 Å². The van der Waals surface area contributed by atoms with Crippen LogP contribution in [0.3, 0.4) is 0 Å². The van der Waals surface area contributed by atoms with Crippen molar-refractivity contribution in [3.63, 3.8) is 0 Å². The lowest BCUT2D eigenvalue weighted by Gasteiger charge is -2.06. The fourth-order valence-electron chi connectivity index (χ4n) is 1.85. The van der Waals surface area contributed by atoms with E-state index >= 15 is 0 Å². The summed E-state index contributed by atoms with van der Waals surface area (Å²) in [5.41, 5.74) is 0. The third-order valence-corrected chi connectivity index (χ3v) is 5.81. The molecule has 0 spiro atoms. The fourth-order valence-corrected chi connectivity index (χ4v) is 3.93. The molecular weight excluding hydrogens is 311 g/mol. The highest BCUT2D eigenvalue weighted by Crippen LogP contribution is 2.27. The molecule has 5 heteroatoms. The van der Waals surface area contributed by atoms with Crippen molar-refractivity contribution in [3.05, 3.63) is 0 Å². The molecule has 17 heavy (non-hydrogen) atoms. The summed E-state index contributed by atoms with van der Waals surface area (Å²) in [7, 11) is 0. The number of thiol groups is 1. The van der Waals surface area contributed by atoms with E-state index < -0.39 is 6.00 Å². The molecule has 0 amide bonds. The quantitative estimate of drug-likeness (QED) is 0.179. The van der Waals surface area contributed by atoms with Crippen LogP contribution in [-0.2, 0) is 0 Å². The Balaban J connectivity index is 2.99. The third-order valence-electron chi connectivity index (χ3n) is 2.87. The average molecular weight is 336 g/mol. The standard InChI is InChI=1S/C12H25Cl3SSi/c13-17(14,15)12-10-8-6-4-2-1-3-5-7-9-11-16/h16H,1-12H2.